The molecule has 8 heteroatoms. The minimum atomic E-state index is -0.0962. The van der Waals surface area contributed by atoms with Crippen molar-refractivity contribution >= 4 is 69.5 Å². The maximum absolute atomic E-state index is 12.6. The summed E-state index contributed by atoms with van der Waals surface area (Å²) in [6.07, 6.45) is 0. The topological polar surface area (TPSA) is 82.3 Å². The van der Waals surface area contributed by atoms with Crippen LogP contribution >= 0.6 is 23.5 Å². The van der Waals surface area contributed by atoms with Crippen LogP contribution in [0.25, 0.3) is 0 Å². The molecule has 0 aliphatic carbocycles. The van der Waals surface area contributed by atoms with E-state index in [0.717, 1.165) is 57.1 Å². The minimum absolute atomic E-state index is 0.0214. The summed E-state index contributed by atoms with van der Waals surface area (Å²) in [4.78, 5) is 25.3. The number of carbonyl (C=O) groups excluding carboxylic acids is 2. The standard InChI is InChI=1S/C34H38N4O2S2/c1-25(33(39)37-31-17-13-29(14-18-31)35-27-9-5-3-6-10-27)23-41-21-22-42-24-26(2)34(40)38-32-19-15-30(16-20-32)36-28-11-7-4-8-12-28/h3-20,25-26,35-36H,21-24H2,1-2H3,(H,37,39)(H,38,40). The molecule has 0 aliphatic rings. The number of anilines is 6. The third-order valence-corrected chi connectivity index (χ3v) is 9.15. The van der Waals surface area contributed by atoms with Gasteiger partial charge in [-0.3, -0.25) is 9.59 Å². The van der Waals surface area contributed by atoms with Crippen LogP contribution in [0.15, 0.2) is 109 Å². The van der Waals surface area contributed by atoms with Crippen molar-refractivity contribution in [3.63, 3.8) is 0 Å². The first kappa shape index (κ1) is 31.1. The molecule has 42 heavy (non-hydrogen) atoms. The largest absolute Gasteiger partial charge is 0.356 e. The Hall–Kier alpha value is -3.88. The molecule has 0 aliphatic heterocycles. The van der Waals surface area contributed by atoms with Gasteiger partial charge in [-0.25, -0.2) is 0 Å². The van der Waals surface area contributed by atoms with Crippen molar-refractivity contribution in [2.24, 2.45) is 11.8 Å². The summed E-state index contributed by atoms with van der Waals surface area (Å²) in [6.45, 7) is 3.91. The van der Waals surface area contributed by atoms with E-state index in [0.29, 0.717) is 0 Å². The highest BCUT2D eigenvalue weighted by atomic mass is 32.2. The van der Waals surface area contributed by atoms with Gasteiger partial charge >= 0.3 is 0 Å². The zero-order valence-corrected chi connectivity index (χ0v) is 25.6. The van der Waals surface area contributed by atoms with Gasteiger partial charge in [-0.05, 0) is 72.8 Å². The molecule has 0 radical (unpaired) electrons. The van der Waals surface area contributed by atoms with Crippen molar-refractivity contribution in [1.29, 1.82) is 0 Å². The lowest BCUT2D eigenvalue weighted by Crippen LogP contribution is -2.22. The number of para-hydroxylation sites is 2. The van der Waals surface area contributed by atoms with Crippen molar-refractivity contribution in [1.82, 2.24) is 0 Å². The molecule has 4 aromatic rings. The number of hydrogen-bond donors (Lipinski definition) is 4. The summed E-state index contributed by atoms with van der Waals surface area (Å²) in [6, 6.07) is 35.4. The lowest BCUT2D eigenvalue weighted by Gasteiger charge is -2.14. The number of hydrogen-bond acceptors (Lipinski definition) is 6. The second kappa shape index (κ2) is 16.5. The second-order valence-electron chi connectivity index (χ2n) is 10.1. The first-order chi connectivity index (χ1) is 20.5. The van der Waals surface area contributed by atoms with E-state index in [4.69, 9.17) is 0 Å². The van der Waals surface area contributed by atoms with Crippen molar-refractivity contribution in [3.05, 3.63) is 109 Å². The van der Waals surface area contributed by atoms with Gasteiger partial charge in [-0.1, -0.05) is 50.2 Å². The fourth-order valence-corrected chi connectivity index (χ4v) is 6.26. The molecule has 4 rings (SSSR count). The minimum Gasteiger partial charge on any atom is -0.356 e. The highest BCUT2D eigenvalue weighted by Crippen LogP contribution is 2.22. The van der Waals surface area contributed by atoms with Gasteiger partial charge in [0.1, 0.15) is 0 Å². The lowest BCUT2D eigenvalue weighted by molar-refractivity contribution is -0.119. The van der Waals surface area contributed by atoms with Crippen LogP contribution in [0.4, 0.5) is 34.1 Å². The molecule has 218 valence electrons. The van der Waals surface area contributed by atoms with Crippen molar-refractivity contribution < 1.29 is 9.59 Å². The Morgan fingerprint density at radius 2 is 0.810 bits per heavy atom. The van der Waals surface area contributed by atoms with E-state index in [1.54, 1.807) is 23.5 Å². The number of benzene rings is 4. The SMILES string of the molecule is CC(CSCCSCC(C)C(=O)Nc1ccc(Nc2ccccc2)cc1)C(=O)Nc1ccc(Nc2ccccc2)cc1. The zero-order valence-electron chi connectivity index (χ0n) is 24.0. The zero-order chi connectivity index (χ0) is 29.6. The Labute approximate surface area is 257 Å². The smallest absolute Gasteiger partial charge is 0.228 e. The van der Waals surface area contributed by atoms with Gasteiger partial charge in [0.05, 0.1) is 0 Å². The molecule has 0 saturated carbocycles. The molecule has 6 nitrogen and oxygen atoms in total. The maximum atomic E-state index is 12.6. The first-order valence-corrected chi connectivity index (χ1v) is 16.4. The fraction of sp³-hybridized carbons (Fsp3) is 0.235. The first-order valence-electron chi connectivity index (χ1n) is 14.1. The Bertz CT molecular complexity index is 1280. The van der Waals surface area contributed by atoms with Crippen LogP contribution in [0.1, 0.15) is 13.8 Å². The average molecular weight is 599 g/mol. The quantitative estimate of drug-likeness (QED) is 0.103. The van der Waals surface area contributed by atoms with E-state index in [2.05, 4.69) is 21.3 Å². The van der Waals surface area contributed by atoms with Crippen molar-refractivity contribution in [3.8, 4) is 0 Å². The van der Waals surface area contributed by atoms with Crippen LogP contribution < -0.4 is 21.3 Å². The average Bonchev–Trinajstić information content (AvgIpc) is 3.01. The predicted molar refractivity (Wildman–Crippen MR) is 183 cm³/mol. The van der Waals surface area contributed by atoms with Gasteiger partial charge in [0, 0.05) is 69.0 Å². The van der Waals surface area contributed by atoms with Crippen LogP contribution in [0.2, 0.25) is 0 Å². The molecular formula is C34H38N4O2S2. The summed E-state index contributed by atoms with van der Waals surface area (Å²) in [5.41, 5.74) is 5.57. The number of carbonyl (C=O) groups is 2. The molecule has 4 N–H and O–H groups in total. The lowest BCUT2D eigenvalue weighted by atomic mass is 10.2. The molecule has 0 spiro atoms. The highest BCUT2D eigenvalue weighted by molar-refractivity contribution is 8.02. The fourth-order valence-electron chi connectivity index (χ4n) is 3.97. The van der Waals surface area contributed by atoms with Crippen molar-refractivity contribution in [2.75, 3.05) is 44.3 Å². The van der Waals surface area contributed by atoms with E-state index in [1.165, 1.54) is 0 Å². The monoisotopic (exact) mass is 598 g/mol. The number of amides is 2. The van der Waals surface area contributed by atoms with Crippen LogP contribution in [0.3, 0.4) is 0 Å². The molecule has 0 fully saturated rings. The third-order valence-electron chi connectivity index (χ3n) is 6.43. The molecule has 0 saturated heterocycles. The normalized spacial score (nSPS) is 12.1. The van der Waals surface area contributed by atoms with Crippen molar-refractivity contribution in [2.45, 2.75) is 13.8 Å². The maximum Gasteiger partial charge on any atom is 0.228 e. The summed E-state index contributed by atoms with van der Waals surface area (Å²) < 4.78 is 0. The van der Waals surface area contributed by atoms with Crippen LogP contribution in [-0.4, -0.2) is 34.8 Å². The Morgan fingerprint density at radius 1 is 0.500 bits per heavy atom. The molecule has 2 amide bonds. The number of rotatable bonds is 15. The second-order valence-corrected chi connectivity index (χ2v) is 12.4. The van der Waals surface area contributed by atoms with E-state index >= 15 is 0 Å². The molecule has 0 heterocycles. The molecule has 0 aromatic heterocycles. The number of nitrogens with one attached hydrogen (secondary N) is 4. The summed E-state index contributed by atoms with van der Waals surface area (Å²) in [5.74, 6) is 3.23. The van der Waals surface area contributed by atoms with Gasteiger partial charge in [-0.15, -0.1) is 0 Å². The third kappa shape index (κ3) is 10.5. The molecule has 2 atom stereocenters. The van der Waals surface area contributed by atoms with E-state index in [1.807, 2.05) is 123 Å². The van der Waals surface area contributed by atoms with Gasteiger partial charge in [0.15, 0.2) is 0 Å². The molecule has 0 bridgehead atoms. The predicted octanol–water partition coefficient (Wildman–Crippen LogP) is 8.49. The van der Waals surface area contributed by atoms with E-state index in [9.17, 15) is 9.59 Å². The molecule has 4 aromatic carbocycles. The van der Waals surface area contributed by atoms with Crippen LogP contribution in [-0.2, 0) is 9.59 Å². The highest BCUT2D eigenvalue weighted by Gasteiger charge is 2.15. The summed E-state index contributed by atoms with van der Waals surface area (Å²) in [7, 11) is 0. The summed E-state index contributed by atoms with van der Waals surface area (Å²) >= 11 is 3.54. The summed E-state index contributed by atoms with van der Waals surface area (Å²) in [5, 5.41) is 12.7. The van der Waals surface area contributed by atoms with E-state index < -0.39 is 0 Å². The van der Waals surface area contributed by atoms with Gasteiger partial charge < -0.3 is 21.3 Å². The van der Waals surface area contributed by atoms with Crippen LogP contribution in [0, 0.1) is 11.8 Å². The Morgan fingerprint density at radius 3 is 1.17 bits per heavy atom. The van der Waals surface area contributed by atoms with Crippen LogP contribution in [0.5, 0.6) is 0 Å². The van der Waals surface area contributed by atoms with Gasteiger partial charge in [-0.2, -0.15) is 23.5 Å². The van der Waals surface area contributed by atoms with E-state index in [-0.39, 0.29) is 23.7 Å². The number of thioether (sulfide) groups is 2. The van der Waals surface area contributed by atoms with Gasteiger partial charge in [0.2, 0.25) is 11.8 Å². The Balaban J connectivity index is 1.07. The Kier molecular flexibility index (Phi) is 12.2. The van der Waals surface area contributed by atoms with Gasteiger partial charge in [0.25, 0.3) is 0 Å². The molecular weight excluding hydrogens is 561 g/mol. The molecule has 2 unspecified atom stereocenters.